The molecule has 3 N–H and O–H groups in total. The van der Waals surface area contributed by atoms with Crippen LogP contribution in [0.25, 0.3) is 0 Å². The van der Waals surface area contributed by atoms with E-state index < -0.39 is 0 Å². The lowest BCUT2D eigenvalue weighted by Gasteiger charge is -2.18. The fourth-order valence-corrected chi connectivity index (χ4v) is 2.37. The highest BCUT2D eigenvalue weighted by molar-refractivity contribution is 5.76. The number of hydrogen-bond donors (Lipinski definition) is 2. The topological polar surface area (TPSA) is 64.3 Å². The van der Waals surface area contributed by atoms with E-state index >= 15 is 0 Å². The van der Waals surface area contributed by atoms with Gasteiger partial charge in [0.1, 0.15) is 5.75 Å². The van der Waals surface area contributed by atoms with Gasteiger partial charge in [-0.3, -0.25) is 4.79 Å². The van der Waals surface area contributed by atoms with E-state index in [0.717, 1.165) is 25.0 Å². The second-order valence-electron chi connectivity index (χ2n) is 6.25. The number of aryl methyl sites for hydroxylation is 1. The molecule has 0 fully saturated rings. The van der Waals surface area contributed by atoms with Gasteiger partial charge in [0.2, 0.25) is 5.91 Å². The number of carbonyl (C=O) groups is 1. The molecule has 0 saturated carbocycles. The average Bonchev–Trinajstić information content (AvgIpc) is 2.45. The van der Waals surface area contributed by atoms with Crippen LogP contribution < -0.4 is 15.8 Å². The van der Waals surface area contributed by atoms with Gasteiger partial charge in [0.15, 0.2) is 0 Å². The number of nitrogens with one attached hydrogen (secondary N) is 1. The number of unbranched alkanes of at least 4 members (excludes halogenated alkanes) is 1. The summed E-state index contributed by atoms with van der Waals surface area (Å²) in [6, 6.07) is 8.10. The minimum atomic E-state index is 0.0895. The minimum absolute atomic E-state index is 0.0895. The van der Waals surface area contributed by atoms with E-state index in [2.05, 4.69) is 19.2 Å². The first-order chi connectivity index (χ1) is 10.5. The number of ether oxygens (including phenoxy) is 1. The van der Waals surface area contributed by atoms with Crippen molar-refractivity contribution in [3.8, 4) is 5.75 Å². The highest BCUT2D eigenvalue weighted by Crippen LogP contribution is 2.13. The molecule has 1 aromatic carbocycles. The summed E-state index contributed by atoms with van der Waals surface area (Å²) in [5, 5.41) is 3.01. The SMILES string of the molecule is Cc1cccc(OCCCCC(=O)NC(CN)CC(C)C)c1. The Morgan fingerprint density at radius 1 is 1.32 bits per heavy atom. The van der Waals surface area contributed by atoms with E-state index in [0.29, 0.717) is 25.5 Å². The van der Waals surface area contributed by atoms with Gasteiger partial charge in [-0.25, -0.2) is 0 Å². The zero-order valence-electron chi connectivity index (χ0n) is 14.1. The van der Waals surface area contributed by atoms with Crippen molar-refractivity contribution in [2.24, 2.45) is 11.7 Å². The van der Waals surface area contributed by atoms with Crippen molar-refractivity contribution in [3.05, 3.63) is 29.8 Å². The quantitative estimate of drug-likeness (QED) is 0.653. The Labute approximate surface area is 134 Å². The van der Waals surface area contributed by atoms with Crippen molar-refractivity contribution in [3.63, 3.8) is 0 Å². The van der Waals surface area contributed by atoms with E-state index in [1.165, 1.54) is 5.56 Å². The number of amides is 1. The molecule has 0 heterocycles. The predicted molar refractivity (Wildman–Crippen MR) is 91.0 cm³/mol. The van der Waals surface area contributed by atoms with E-state index in [1.807, 2.05) is 31.2 Å². The molecule has 0 spiro atoms. The molecule has 0 radical (unpaired) electrons. The van der Waals surface area contributed by atoms with E-state index in [1.54, 1.807) is 0 Å². The van der Waals surface area contributed by atoms with Gasteiger partial charge in [-0.2, -0.15) is 0 Å². The van der Waals surface area contributed by atoms with Gasteiger partial charge >= 0.3 is 0 Å². The summed E-state index contributed by atoms with van der Waals surface area (Å²) in [5.41, 5.74) is 6.88. The summed E-state index contributed by atoms with van der Waals surface area (Å²) in [4.78, 5) is 11.9. The zero-order valence-corrected chi connectivity index (χ0v) is 14.1. The Morgan fingerprint density at radius 2 is 2.09 bits per heavy atom. The predicted octanol–water partition coefficient (Wildman–Crippen LogP) is 3.03. The standard InChI is InChI=1S/C18H30N2O2/c1-14(2)11-16(13-19)20-18(21)9-4-5-10-22-17-8-6-7-15(3)12-17/h6-8,12,14,16H,4-5,9-11,13,19H2,1-3H3,(H,20,21). The Hall–Kier alpha value is -1.55. The van der Waals surface area contributed by atoms with Crippen LogP contribution in [0.3, 0.4) is 0 Å². The lowest BCUT2D eigenvalue weighted by Crippen LogP contribution is -2.40. The van der Waals surface area contributed by atoms with Crippen LogP contribution in [0.2, 0.25) is 0 Å². The van der Waals surface area contributed by atoms with Crippen molar-refractivity contribution in [2.75, 3.05) is 13.2 Å². The van der Waals surface area contributed by atoms with E-state index in [4.69, 9.17) is 10.5 Å². The molecule has 0 aliphatic rings. The molecule has 0 saturated heterocycles. The maximum atomic E-state index is 11.9. The number of rotatable bonds is 10. The van der Waals surface area contributed by atoms with Crippen LogP contribution >= 0.6 is 0 Å². The van der Waals surface area contributed by atoms with Crippen molar-refractivity contribution in [1.82, 2.24) is 5.32 Å². The normalized spacial score (nSPS) is 12.2. The van der Waals surface area contributed by atoms with Crippen LogP contribution in [0.4, 0.5) is 0 Å². The molecule has 0 bridgehead atoms. The molecular formula is C18H30N2O2. The van der Waals surface area contributed by atoms with Crippen LogP contribution in [0.5, 0.6) is 5.75 Å². The maximum absolute atomic E-state index is 11.9. The summed E-state index contributed by atoms with van der Waals surface area (Å²) in [7, 11) is 0. The monoisotopic (exact) mass is 306 g/mol. The van der Waals surface area contributed by atoms with E-state index in [9.17, 15) is 4.79 Å². The highest BCUT2D eigenvalue weighted by Gasteiger charge is 2.11. The molecule has 124 valence electrons. The second-order valence-corrected chi connectivity index (χ2v) is 6.25. The third-order valence-electron chi connectivity index (χ3n) is 3.46. The Kier molecular flexibility index (Phi) is 8.60. The molecule has 22 heavy (non-hydrogen) atoms. The van der Waals surface area contributed by atoms with Gasteiger partial charge < -0.3 is 15.8 Å². The summed E-state index contributed by atoms with van der Waals surface area (Å²) in [6.45, 7) is 7.46. The first kappa shape index (κ1) is 18.5. The highest BCUT2D eigenvalue weighted by atomic mass is 16.5. The summed E-state index contributed by atoms with van der Waals surface area (Å²) in [6.07, 6.45) is 3.17. The smallest absolute Gasteiger partial charge is 0.220 e. The number of benzene rings is 1. The van der Waals surface area contributed by atoms with Crippen molar-refractivity contribution in [1.29, 1.82) is 0 Å². The molecule has 4 heteroatoms. The molecule has 1 unspecified atom stereocenters. The summed E-state index contributed by atoms with van der Waals surface area (Å²) < 4.78 is 5.67. The lowest BCUT2D eigenvalue weighted by molar-refractivity contribution is -0.121. The molecule has 1 amide bonds. The summed E-state index contributed by atoms with van der Waals surface area (Å²) in [5.74, 6) is 1.52. The third kappa shape index (κ3) is 8.03. The van der Waals surface area contributed by atoms with Crippen LogP contribution in [0.1, 0.15) is 45.1 Å². The Bertz CT molecular complexity index is 446. The van der Waals surface area contributed by atoms with Gasteiger partial charge in [0, 0.05) is 19.0 Å². The van der Waals surface area contributed by atoms with Crippen LogP contribution in [-0.4, -0.2) is 25.1 Å². The molecule has 0 aliphatic carbocycles. The fraction of sp³-hybridized carbons (Fsp3) is 0.611. The van der Waals surface area contributed by atoms with Gasteiger partial charge in [-0.15, -0.1) is 0 Å². The van der Waals surface area contributed by atoms with Gasteiger partial charge in [0.25, 0.3) is 0 Å². The zero-order chi connectivity index (χ0) is 16.4. The molecule has 1 atom stereocenters. The second kappa shape index (κ2) is 10.2. The lowest BCUT2D eigenvalue weighted by atomic mass is 10.0. The van der Waals surface area contributed by atoms with Crippen LogP contribution in [-0.2, 0) is 4.79 Å². The summed E-state index contributed by atoms with van der Waals surface area (Å²) >= 11 is 0. The number of hydrogen-bond acceptors (Lipinski definition) is 3. The minimum Gasteiger partial charge on any atom is -0.494 e. The Balaban J connectivity index is 2.14. The van der Waals surface area contributed by atoms with Gasteiger partial charge in [-0.05, 0) is 49.8 Å². The number of nitrogens with two attached hydrogens (primary N) is 1. The van der Waals surface area contributed by atoms with Gasteiger partial charge in [-0.1, -0.05) is 26.0 Å². The maximum Gasteiger partial charge on any atom is 0.220 e. The molecule has 0 aliphatic heterocycles. The Morgan fingerprint density at radius 3 is 2.73 bits per heavy atom. The van der Waals surface area contributed by atoms with Crippen molar-refractivity contribution < 1.29 is 9.53 Å². The molecule has 1 rings (SSSR count). The number of carbonyl (C=O) groups excluding carboxylic acids is 1. The van der Waals surface area contributed by atoms with Crippen LogP contribution in [0, 0.1) is 12.8 Å². The van der Waals surface area contributed by atoms with Crippen LogP contribution in [0.15, 0.2) is 24.3 Å². The van der Waals surface area contributed by atoms with E-state index in [-0.39, 0.29) is 11.9 Å². The van der Waals surface area contributed by atoms with Crippen molar-refractivity contribution >= 4 is 5.91 Å². The third-order valence-corrected chi connectivity index (χ3v) is 3.46. The largest absolute Gasteiger partial charge is 0.494 e. The molecular weight excluding hydrogens is 276 g/mol. The molecule has 1 aromatic rings. The van der Waals surface area contributed by atoms with Crippen molar-refractivity contribution in [2.45, 2.75) is 52.5 Å². The van der Waals surface area contributed by atoms with Gasteiger partial charge in [0.05, 0.1) is 6.61 Å². The first-order valence-corrected chi connectivity index (χ1v) is 8.20. The molecule has 4 nitrogen and oxygen atoms in total. The fourth-order valence-electron chi connectivity index (χ4n) is 2.37. The molecule has 0 aromatic heterocycles. The average molecular weight is 306 g/mol. The first-order valence-electron chi connectivity index (χ1n) is 8.20.